The number of benzene rings is 1. The highest BCUT2D eigenvalue weighted by atomic mass is 35.5. The highest BCUT2D eigenvalue weighted by molar-refractivity contribution is 8.02. The van der Waals surface area contributed by atoms with Crippen LogP contribution in [0.2, 0.25) is 10.0 Å². The largest absolute Gasteiger partial charge is 0.293 e. The number of carbonyl (C=O) groups is 1. The second-order valence-electron chi connectivity index (χ2n) is 3.46. The first-order valence-electron chi connectivity index (χ1n) is 5.00. The molecule has 0 saturated heterocycles. The standard InChI is InChI=1S/C11H8Cl2N2OS2/c1-6(17-11-14-5-15-18-11)10(16)8-3-2-7(12)4-9(8)13/h2-6H,1H3. The van der Waals surface area contributed by atoms with E-state index in [1.807, 2.05) is 6.92 Å². The van der Waals surface area contributed by atoms with Crippen molar-refractivity contribution in [3.8, 4) is 0 Å². The molecule has 0 aliphatic heterocycles. The van der Waals surface area contributed by atoms with Crippen molar-refractivity contribution in [2.75, 3.05) is 0 Å². The number of halogens is 2. The highest BCUT2D eigenvalue weighted by Gasteiger charge is 2.20. The molecule has 0 bridgehead atoms. The first-order valence-corrected chi connectivity index (χ1v) is 7.41. The van der Waals surface area contributed by atoms with Gasteiger partial charge in [0.2, 0.25) is 0 Å². The van der Waals surface area contributed by atoms with E-state index in [-0.39, 0.29) is 11.0 Å². The van der Waals surface area contributed by atoms with Crippen molar-refractivity contribution < 1.29 is 4.79 Å². The van der Waals surface area contributed by atoms with Crippen LogP contribution in [-0.2, 0) is 0 Å². The van der Waals surface area contributed by atoms with Gasteiger partial charge in [-0.1, -0.05) is 35.0 Å². The van der Waals surface area contributed by atoms with E-state index in [2.05, 4.69) is 9.36 Å². The van der Waals surface area contributed by atoms with Crippen LogP contribution in [0.1, 0.15) is 17.3 Å². The van der Waals surface area contributed by atoms with E-state index in [1.165, 1.54) is 29.6 Å². The van der Waals surface area contributed by atoms with Crippen LogP contribution in [-0.4, -0.2) is 20.4 Å². The molecule has 0 aliphatic rings. The molecule has 0 aliphatic carbocycles. The van der Waals surface area contributed by atoms with Crippen molar-refractivity contribution in [1.29, 1.82) is 0 Å². The molecule has 94 valence electrons. The van der Waals surface area contributed by atoms with Crippen LogP contribution in [0.15, 0.2) is 28.9 Å². The molecule has 1 atom stereocenters. The number of Topliss-reactive ketones (excluding diaryl/α,β-unsaturated/α-hetero) is 1. The van der Waals surface area contributed by atoms with Gasteiger partial charge in [-0.3, -0.25) is 4.79 Å². The number of rotatable bonds is 4. The topological polar surface area (TPSA) is 42.9 Å². The van der Waals surface area contributed by atoms with E-state index in [0.29, 0.717) is 15.6 Å². The van der Waals surface area contributed by atoms with E-state index in [9.17, 15) is 4.79 Å². The summed E-state index contributed by atoms with van der Waals surface area (Å²) < 4.78 is 4.66. The van der Waals surface area contributed by atoms with Crippen molar-refractivity contribution in [2.45, 2.75) is 16.5 Å². The van der Waals surface area contributed by atoms with Crippen molar-refractivity contribution in [3.05, 3.63) is 40.1 Å². The number of nitrogens with zero attached hydrogens (tertiary/aromatic N) is 2. The number of ketones is 1. The fourth-order valence-corrected chi connectivity index (χ4v) is 3.49. The van der Waals surface area contributed by atoms with Gasteiger partial charge in [0.05, 0.1) is 10.3 Å². The average molecular weight is 319 g/mol. The second kappa shape index (κ2) is 6.02. The Balaban J connectivity index is 2.15. The zero-order chi connectivity index (χ0) is 13.1. The summed E-state index contributed by atoms with van der Waals surface area (Å²) >= 11 is 14.4. The molecular formula is C11H8Cl2N2OS2. The van der Waals surface area contributed by atoms with E-state index in [0.717, 1.165) is 4.34 Å². The summed E-state index contributed by atoms with van der Waals surface area (Å²) in [4.78, 5) is 16.2. The van der Waals surface area contributed by atoms with Gasteiger partial charge in [-0.05, 0) is 36.7 Å². The number of hydrogen-bond acceptors (Lipinski definition) is 5. The van der Waals surface area contributed by atoms with Crippen LogP contribution in [0.3, 0.4) is 0 Å². The molecule has 0 spiro atoms. The summed E-state index contributed by atoms with van der Waals surface area (Å²) in [6.07, 6.45) is 1.47. The Bertz CT molecular complexity index is 560. The van der Waals surface area contributed by atoms with Crippen LogP contribution in [0.5, 0.6) is 0 Å². The van der Waals surface area contributed by atoms with Crippen LogP contribution in [0.4, 0.5) is 0 Å². The number of thioether (sulfide) groups is 1. The third-order valence-corrected chi connectivity index (χ3v) is 4.58. The Morgan fingerprint density at radius 1 is 1.44 bits per heavy atom. The zero-order valence-electron chi connectivity index (χ0n) is 9.26. The summed E-state index contributed by atoms with van der Waals surface area (Å²) in [7, 11) is 0. The molecule has 0 amide bonds. The molecule has 0 fully saturated rings. The first-order chi connectivity index (χ1) is 8.58. The third-order valence-electron chi connectivity index (χ3n) is 2.18. The Morgan fingerprint density at radius 2 is 2.22 bits per heavy atom. The quantitative estimate of drug-likeness (QED) is 0.625. The predicted molar refractivity (Wildman–Crippen MR) is 76.0 cm³/mol. The maximum Gasteiger partial charge on any atom is 0.177 e. The average Bonchev–Trinajstić information content (AvgIpc) is 2.81. The maximum atomic E-state index is 12.2. The molecule has 1 aromatic heterocycles. The van der Waals surface area contributed by atoms with Crippen molar-refractivity contribution in [1.82, 2.24) is 9.36 Å². The van der Waals surface area contributed by atoms with Gasteiger partial charge in [-0.2, -0.15) is 4.37 Å². The third kappa shape index (κ3) is 3.23. The highest BCUT2D eigenvalue weighted by Crippen LogP contribution is 2.29. The van der Waals surface area contributed by atoms with E-state index in [1.54, 1.807) is 18.2 Å². The molecule has 0 saturated carbocycles. The van der Waals surface area contributed by atoms with Gasteiger partial charge in [0.1, 0.15) is 6.33 Å². The van der Waals surface area contributed by atoms with Gasteiger partial charge >= 0.3 is 0 Å². The molecule has 1 unspecified atom stereocenters. The maximum absolute atomic E-state index is 12.2. The van der Waals surface area contributed by atoms with Crippen LogP contribution >= 0.6 is 46.5 Å². The fourth-order valence-electron chi connectivity index (χ4n) is 1.33. The SMILES string of the molecule is CC(Sc1ncns1)C(=O)c1ccc(Cl)cc1Cl. The number of aromatic nitrogens is 2. The Hall–Kier alpha value is -0.620. The molecule has 1 aromatic carbocycles. The molecule has 3 nitrogen and oxygen atoms in total. The number of carbonyl (C=O) groups excluding carboxylic acids is 1. The van der Waals surface area contributed by atoms with Crippen LogP contribution < -0.4 is 0 Å². The molecule has 0 N–H and O–H groups in total. The lowest BCUT2D eigenvalue weighted by molar-refractivity contribution is 0.0994. The molecule has 0 radical (unpaired) electrons. The summed E-state index contributed by atoms with van der Waals surface area (Å²) in [5.41, 5.74) is 0.477. The van der Waals surface area contributed by atoms with E-state index in [4.69, 9.17) is 23.2 Å². The first kappa shape index (κ1) is 13.8. The summed E-state index contributed by atoms with van der Waals surface area (Å²) in [6.45, 7) is 1.82. The van der Waals surface area contributed by atoms with Crippen molar-refractivity contribution in [3.63, 3.8) is 0 Å². The lowest BCUT2D eigenvalue weighted by Gasteiger charge is -2.09. The summed E-state index contributed by atoms with van der Waals surface area (Å²) in [5.74, 6) is -0.0446. The Labute approximate surface area is 123 Å². The molecular weight excluding hydrogens is 311 g/mol. The molecule has 2 aromatic rings. The summed E-state index contributed by atoms with van der Waals surface area (Å²) in [6, 6.07) is 4.87. The van der Waals surface area contributed by atoms with Crippen molar-refractivity contribution >= 4 is 52.3 Å². The van der Waals surface area contributed by atoms with Crippen molar-refractivity contribution in [2.24, 2.45) is 0 Å². The van der Waals surface area contributed by atoms with Gasteiger partial charge in [0, 0.05) is 10.6 Å². The van der Waals surface area contributed by atoms with Crippen LogP contribution in [0.25, 0.3) is 0 Å². The molecule has 1 heterocycles. The van der Waals surface area contributed by atoms with Crippen LogP contribution in [0, 0.1) is 0 Å². The second-order valence-corrected chi connectivity index (χ2v) is 6.67. The minimum atomic E-state index is -0.267. The van der Waals surface area contributed by atoms with Gasteiger partial charge in [0.25, 0.3) is 0 Å². The summed E-state index contributed by atoms with van der Waals surface area (Å²) in [5, 5.41) is 0.620. The Kier molecular flexibility index (Phi) is 4.61. The van der Waals surface area contributed by atoms with E-state index < -0.39 is 0 Å². The van der Waals surface area contributed by atoms with Gasteiger partial charge in [-0.25, -0.2) is 4.98 Å². The predicted octanol–water partition coefficient (Wildman–Crippen LogP) is 4.21. The molecule has 18 heavy (non-hydrogen) atoms. The lowest BCUT2D eigenvalue weighted by Crippen LogP contribution is -2.13. The monoisotopic (exact) mass is 318 g/mol. The minimum absolute atomic E-state index is 0.0446. The van der Waals surface area contributed by atoms with E-state index >= 15 is 0 Å². The Morgan fingerprint density at radius 3 is 2.83 bits per heavy atom. The zero-order valence-corrected chi connectivity index (χ0v) is 12.4. The number of hydrogen-bond donors (Lipinski definition) is 0. The normalized spacial score (nSPS) is 12.4. The van der Waals surface area contributed by atoms with Gasteiger partial charge < -0.3 is 0 Å². The smallest absolute Gasteiger partial charge is 0.177 e. The van der Waals surface area contributed by atoms with Gasteiger partial charge in [0.15, 0.2) is 10.1 Å². The molecule has 2 rings (SSSR count). The lowest BCUT2D eigenvalue weighted by atomic mass is 10.1. The van der Waals surface area contributed by atoms with Gasteiger partial charge in [-0.15, -0.1) is 0 Å². The fraction of sp³-hybridized carbons (Fsp3) is 0.182. The minimum Gasteiger partial charge on any atom is -0.293 e. The molecule has 7 heteroatoms.